The third-order valence-corrected chi connectivity index (χ3v) is 4.51. The summed E-state index contributed by atoms with van der Waals surface area (Å²) in [6.07, 6.45) is 0. The maximum Gasteiger partial charge on any atom is 0.339 e. The summed E-state index contributed by atoms with van der Waals surface area (Å²) in [5.41, 5.74) is 0.634. The molecule has 2 rings (SSSR count). The zero-order chi connectivity index (χ0) is 22.5. The van der Waals surface area contributed by atoms with Gasteiger partial charge in [0.15, 0.2) is 0 Å². The quantitative estimate of drug-likeness (QED) is 0.603. The highest BCUT2D eigenvalue weighted by molar-refractivity contribution is 6.34. The smallest absolute Gasteiger partial charge is 0.339 e. The molecule has 0 aliphatic heterocycles. The first kappa shape index (κ1) is 23.2. The highest BCUT2D eigenvalue weighted by Crippen LogP contribution is 2.25. The number of hydrogen-bond acceptors (Lipinski definition) is 4. The van der Waals surface area contributed by atoms with Gasteiger partial charge in [0.05, 0.1) is 17.2 Å². The second-order valence-electron chi connectivity index (χ2n) is 7.65. The predicted octanol–water partition coefficient (Wildman–Crippen LogP) is 4.35. The Morgan fingerprint density at radius 3 is 2.37 bits per heavy atom. The molecular formula is C22H25ClN2O5. The van der Waals surface area contributed by atoms with Gasteiger partial charge in [0.2, 0.25) is 5.91 Å². The Hall–Kier alpha value is -3.06. The molecule has 30 heavy (non-hydrogen) atoms. The second-order valence-corrected chi connectivity index (χ2v) is 8.06. The summed E-state index contributed by atoms with van der Waals surface area (Å²) in [6.45, 7) is 7.75. The number of ether oxygens (including phenoxy) is 1. The molecule has 0 fully saturated rings. The summed E-state index contributed by atoms with van der Waals surface area (Å²) in [5.74, 6) is -1.55. The van der Waals surface area contributed by atoms with E-state index >= 15 is 0 Å². The van der Waals surface area contributed by atoms with Gasteiger partial charge < -0.3 is 20.5 Å². The summed E-state index contributed by atoms with van der Waals surface area (Å²) in [6, 6.07) is 9.26. The van der Waals surface area contributed by atoms with Gasteiger partial charge in [0.25, 0.3) is 5.91 Å². The fourth-order valence-electron chi connectivity index (χ4n) is 2.56. The molecule has 160 valence electrons. The molecule has 2 amide bonds. The van der Waals surface area contributed by atoms with Crippen molar-refractivity contribution < 1.29 is 24.2 Å². The van der Waals surface area contributed by atoms with Crippen molar-refractivity contribution >= 4 is 35.1 Å². The minimum atomic E-state index is -1.16. The van der Waals surface area contributed by atoms with E-state index in [4.69, 9.17) is 16.3 Å². The second kappa shape index (κ2) is 9.63. The fourth-order valence-corrected chi connectivity index (χ4v) is 2.76. The maximum absolute atomic E-state index is 12.7. The van der Waals surface area contributed by atoms with Gasteiger partial charge >= 0.3 is 5.97 Å². The van der Waals surface area contributed by atoms with Crippen molar-refractivity contribution in [1.82, 2.24) is 5.32 Å². The number of aromatic carboxylic acids is 1. The number of nitrogens with one attached hydrogen (secondary N) is 2. The molecule has 0 unspecified atom stereocenters. The van der Waals surface area contributed by atoms with E-state index in [0.29, 0.717) is 17.9 Å². The first-order valence-electron chi connectivity index (χ1n) is 9.41. The summed E-state index contributed by atoms with van der Waals surface area (Å²) in [4.78, 5) is 36.2. The largest absolute Gasteiger partial charge is 0.493 e. The number of carboxylic acids is 1. The average Bonchev–Trinajstić information content (AvgIpc) is 2.67. The van der Waals surface area contributed by atoms with E-state index in [-0.39, 0.29) is 34.4 Å². The van der Waals surface area contributed by atoms with Crippen molar-refractivity contribution in [2.24, 2.45) is 5.41 Å². The predicted molar refractivity (Wildman–Crippen MR) is 115 cm³/mol. The van der Waals surface area contributed by atoms with E-state index in [1.54, 1.807) is 31.2 Å². The van der Waals surface area contributed by atoms with Crippen LogP contribution in [0.5, 0.6) is 5.75 Å². The van der Waals surface area contributed by atoms with Crippen LogP contribution in [-0.4, -0.2) is 29.5 Å². The molecule has 0 saturated heterocycles. The highest BCUT2D eigenvalue weighted by Gasteiger charge is 2.21. The third-order valence-electron chi connectivity index (χ3n) is 4.18. The third kappa shape index (κ3) is 5.97. The lowest BCUT2D eigenvalue weighted by Gasteiger charge is -2.18. The molecule has 0 aromatic heterocycles. The number of carbonyl (C=O) groups excluding carboxylic acids is 2. The standard InChI is InChI=1S/C22H25ClN2O5/c1-5-30-18-9-7-14(11-16(18)20(27)28)25-19(26)15-10-13(6-8-17(15)23)12-24-21(29)22(2,3)4/h6-11H,5,12H2,1-4H3,(H,24,29)(H,25,26)(H,27,28). The molecule has 0 radical (unpaired) electrons. The highest BCUT2D eigenvalue weighted by atomic mass is 35.5. The van der Waals surface area contributed by atoms with Gasteiger partial charge in [-0.2, -0.15) is 0 Å². The summed E-state index contributed by atoms with van der Waals surface area (Å²) >= 11 is 6.18. The molecule has 0 atom stereocenters. The average molecular weight is 433 g/mol. The zero-order valence-corrected chi connectivity index (χ0v) is 18.1. The van der Waals surface area contributed by atoms with Crippen LogP contribution in [0.3, 0.4) is 0 Å². The number of anilines is 1. The van der Waals surface area contributed by atoms with Gasteiger partial charge in [0, 0.05) is 17.6 Å². The number of carboxylic acid groups (broad SMARTS) is 1. The Kier molecular flexibility index (Phi) is 7.45. The fraction of sp³-hybridized carbons (Fsp3) is 0.318. The molecule has 7 nitrogen and oxygen atoms in total. The molecule has 0 aliphatic carbocycles. The van der Waals surface area contributed by atoms with Gasteiger partial charge in [0.1, 0.15) is 11.3 Å². The molecule has 8 heteroatoms. The first-order valence-corrected chi connectivity index (χ1v) is 9.79. The molecule has 2 aromatic rings. The molecule has 3 N–H and O–H groups in total. The van der Waals surface area contributed by atoms with Gasteiger partial charge in [-0.25, -0.2) is 4.79 Å². The number of hydrogen-bond donors (Lipinski definition) is 3. The molecule has 0 aliphatic rings. The number of rotatable bonds is 7. The van der Waals surface area contributed by atoms with Crippen molar-refractivity contribution in [2.75, 3.05) is 11.9 Å². The van der Waals surface area contributed by atoms with Gasteiger partial charge in [-0.3, -0.25) is 9.59 Å². The van der Waals surface area contributed by atoms with Crippen LogP contribution in [0.2, 0.25) is 5.02 Å². The van der Waals surface area contributed by atoms with Crippen molar-refractivity contribution in [2.45, 2.75) is 34.2 Å². The van der Waals surface area contributed by atoms with E-state index in [0.717, 1.165) is 0 Å². The van der Waals surface area contributed by atoms with Crippen LogP contribution in [0, 0.1) is 5.41 Å². The SMILES string of the molecule is CCOc1ccc(NC(=O)c2cc(CNC(=O)C(C)(C)C)ccc2Cl)cc1C(=O)O. The number of halogens is 1. The molecule has 0 spiro atoms. The van der Waals surface area contributed by atoms with Gasteiger partial charge in [-0.15, -0.1) is 0 Å². The Bertz CT molecular complexity index is 966. The van der Waals surface area contributed by atoms with E-state index in [9.17, 15) is 19.5 Å². The molecule has 0 saturated carbocycles. The van der Waals surface area contributed by atoms with E-state index in [2.05, 4.69) is 10.6 Å². The Morgan fingerprint density at radius 2 is 1.77 bits per heavy atom. The Labute approximate surface area is 180 Å². The minimum absolute atomic E-state index is 0.0561. The van der Waals surface area contributed by atoms with Crippen LogP contribution < -0.4 is 15.4 Å². The minimum Gasteiger partial charge on any atom is -0.493 e. The van der Waals surface area contributed by atoms with Crippen LogP contribution in [0.25, 0.3) is 0 Å². The van der Waals surface area contributed by atoms with Crippen LogP contribution >= 0.6 is 11.6 Å². The van der Waals surface area contributed by atoms with Crippen LogP contribution in [-0.2, 0) is 11.3 Å². The van der Waals surface area contributed by atoms with E-state index < -0.39 is 17.3 Å². The zero-order valence-electron chi connectivity index (χ0n) is 17.3. The lowest BCUT2D eigenvalue weighted by molar-refractivity contribution is -0.128. The van der Waals surface area contributed by atoms with Gasteiger partial charge in [-0.1, -0.05) is 38.4 Å². The van der Waals surface area contributed by atoms with E-state index in [1.165, 1.54) is 12.1 Å². The van der Waals surface area contributed by atoms with Crippen molar-refractivity contribution in [3.8, 4) is 5.75 Å². The van der Waals surface area contributed by atoms with Crippen LogP contribution in [0.4, 0.5) is 5.69 Å². The van der Waals surface area contributed by atoms with Crippen molar-refractivity contribution in [1.29, 1.82) is 0 Å². The molecular weight excluding hydrogens is 408 g/mol. The number of amides is 2. The first-order chi connectivity index (χ1) is 14.0. The van der Waals surface area contributed by atoms with E-state index in [1.807, 2.05) is 20.8 Å². The summed E-state index contributed by atoms with van der Waals surface area (Å²) in [5, 5.41) is 15.1. The molecule has 2 aromatic carbocycles. The monoisotopic (exact) mass is 432 g/mol. The van der Waals surface area contributed by atoms with Crippen LogP contribution in [0.1, 0.15) is 54.0 Å². The molecule has 0 bridgehead atoms. The lowest BCUT2D eigenvalue weighted by Crippen LogP contribution is -2.34. The topological polar surface area (TPSA) is 105 Å². The summed E-state index contributed by atoms with van der Waals surface area (Å²) in [7, 11) is 0. The Balaban J connectivity index is 2.20. The number of carbonyl (C=O) groups is 3. The van der Waals surface area contributed by atoms with Crippen LogP contribution in [0.15, 0.2) is 36.4 Å². The van der Waals surface area contributed by atoms with Gasteiger partial charge in [-0.05, 0) is 42.8 Å². The summed E-state index contributed by atoms with van der Waals surface area (Å²) < 4.78 is 5.30. The maximum atomic E-state index is 12.7. The number of benzene rings is 2. The van der Waals surface area contributed by atoms with Crippen molar-refractivity contribution in [3.05, 3.63) is 58.1 Å². The molecule has 0 heterocycles. The lowest BCUT2D eigenvalue weighted by atomic mass is 9.95. The van der Waals surface area contributed by atoms with Crippen molar-refractivity contribution in [3.63, 3.8) is 0 Å². The Morgan fingerprint density at radius 1 is 1.07 bits per heavy atom. The normalized spacial score (nSPS) is 11.0.